The number of nitrogens with one attached hydrogen (secondary N) is 2. The fourth-order valence-electron chi connectivity index (χ4n) is 7.25. The van der Waals surface area contributed by atoms with Crippen molar-refractivity contribution in [1.29, 1.82) is 0 Å². The number of aromatic hydroxyl groups is 2. The predicted molar refractivity (Wildman–Crippen MR) is 233 cm³/mol. The van der Waals surface area contributed by atoms with E-state index in [9.17, 15) is 24.6 Å². The number of fused-ring (bicyclic) bond motifs is 5. The number of para-hydroxylation sites is 1. The molecule has 0 heterocycles. The smallest absolute Gasteiger partial charge is 0.259 e. The van der Waals surface area contributed by atoms with E-state index in [0.29, 0.717) is 71.6 Å². The lowest BCUT2D eigenvalue weighted by molar-refractivity contribution is 0.101. The molecule has 0 spiro atoms. The summed E-state index contributed by atoms with van der Waals surface area (Å²) in [6, 6.07) is 41.8. The summed E-state index contributed by atoms with van der Waals surface area (Å²) in [4.78, 5) is 40.3. The average Bonchev–Trinajstić information content (AvgIpc) is 3.53. The number of benzene rings is 8. The Labute approximate surface area is 347 Å². The van der Waals surface area contributed by atoms with Gasteiger partial charge in [-0.2, -0.15) is 10.2 Å². The third kappa shape index (κ3) is 6.99. The van der Waals surface area contributed by atoms with Gasteiger partial charge in [-0.1, -0.05) is 84.4 Å². The Morgan fingerprint density at radius 3 is 1.60 bits per heavy atom. The van der Waals surface area contributed by atoms with Crippen LogP contribution in [0.2, 0.25) is 5.02 Å². The van der Waals surface area contributed by atoms with E-state index in [4.69, 9.17) is 11.6 Å². The molecule has 0 aromatic heterocycles. The van der Waals surface area contributed by atoms with E-state index in [0.717, 1.165) is 5.56 Å². The van der Waals surface area contributed by atoms with Crippen molar-refractivity contribution in [2.24, 2.45) is 20.5 Å². The monoisotopic (exact) mass is 806 g/mol. The van der Waals surface area contributed by atoms with E-state index in [1.807, 2.05) is 43.3 Å². The van der Waals surface area contributed by atoms with E-state index in [-0.39, 0.29) is 39.8 Å². The number of rotatable bonds is 8. The fraction of sp³-hybridized carbons (Fsp3) is 0.0208. The van der Waals surface area contributed by atoms with Gasteiger partial charge in [0, 0.05) is 27.6 Å². The molecule has 1 aliphatic rings. The van der Waals surface area contributed by atoms with Gasteiger partial charge in [0.15, 0.2) is 17.3 Å². The summed E-state index contributed by atoms with van der Waals surface area (Å²) in [5.41, 5.74) is 5.04. The van der Waals surface area contributed by atoms with Crippen molar-refractivity contribution in [2.75, 3.05) is 10.6 Å². The van der Waals surface area contributed by atoms with Crippen LogP contribution in [0.15, 0.2) is 166 Å². The van der Waals surface area contributed by atoms with Gasteiger partial charge in [0.2, 0.25) is 0 Å². The molecule has 0 unspecified atom stereocenters. The van der Waals surface area contributed by atoms with Crippen molar-refractivity contribution in [3.63, 3.8) is 0 Å². The Morgan fingerprint density at radius 1 is 0.533 bits per heavy atom. The van der Waals surface area contributed by atoms with Gasteiger partial charge < -0.3 is 20.8 Å². The van der Waals surface area contributed by atoms with Gasteiger partial charge in [0.1, 0.15) is 11.4 Å². The molecule has 9 rings (SSSR count). The van der Waals surface area contributed by atoms with Crippen LogP contribution in [0.4, 0.5) is 34.1 Å². The standard InChI is InChI=1S/C48H31ClN6O5/c1-26-9-8-12-29(21-26)50-47(59)38-22-27-10-2-4-13-32(27)42(45(38)57)54-52-30-17-19-34-36(24-30)37-25-31(18-20-35(37)44(34)56)53-55-43-33-14-5-3-11-28(33)23-39(46(43)58)48(60)51-41-16-7-6-15-40(41)49/h2-25,57-58H,1H3,(H,50,59)(H,51,60). The van der Waals surface area contributed by atoms with Crippen LogP contribution in [0, 0.1) is 6.92 Å². The summed E-state index contributed by atoms with van der Waals surface area (Å²) >= 11 is 6.27. The largest absolute Gasteiger partial charge is 0.505 e. The molecule has 8 aromatic rings. The molecule has 0 atom stereocenters. The number of hydrogen-bond acceptors (Lipinski definition) is 9. The van der Waals surface area contributed by atoms with Crippen LogP contribution < -0.4 is 10.6 Å². The van der Waals surface area contributed by atoms with E-state index >= 15 is 0 Å². The number of aryl methyl sites for hydroxylation is 1. The summed E-state index contributed by atoms with van der Waals surface area (Å²) in [5.74, 6) is -1.96. The number of phenols is 2. The van der Waals surface area contributed by atoms with Crippen molar-refractivity contribution in [2.45, 2.75) is 6.92 Å². The molecule has 0 saturated carbocycles. The van der Waals surface area contributed by atoms with Gasteiger partial charge in [0.05, 0.1) is 33.2 Å². The normalized spacial score (nSPS) is 12.0. The Kier molecular flexibility index (Phi) is 9.63. The second kappa shape index (κ2) is 15.4. The minimum absolute atomic E-state index is 0.0173. The lowest BCUT2D eigenvalue weighted by Crippen LogP contribution is -2.12. The van der Waals surface area contributed by atoms with Gasteiger partial charge in [-0.15, -0.1) is 10.2 Å². The molecule has 1 aliphatic carbocycles. The number of hydrogen-bond donors (Lipinski definition) is 4. The van der Waals surface area contributed by atoms with Crippen LogP contribution in [0.25, 0.3) is 32.7 Å². The Bertz CT molecular complexity index is 3180. The van der Waals surface area contributed by atoms with E-state index in [2.05, 4.69) is 31.1 Å². The highest BCUT2D eigenvalue weighted by molar-refractivity contribution is 6.34. The molecule has 12 heteroatoms. The topological polar surface area (TPSA) is 165 Å². The van der Waals surface area contributed by atoms with E-state index in [1.165, 1.54) is 0 Å². The second-order valence-electron chi connectivity index (χ2n) is 14.1. The van der Waals surface area contributed by atoms with E-state index in [1.54, 1.807) is 109 Å². The maximum Gasteiger partial charge on any atom is 0.259 e. The van der Waals surface area contributed by atoms with Crippen molar-refractivity contribution in [3.8, 4) is 22.6 Å². The average molecular weight is 807 g/mol. The Balaban J connectivity index is 1.04. The molecule has 0 radical (unpaired) electrons. The summed E-state index contributed by atoms with van der Waals surface area (Å²) < 4.78 is 0. The molecule has 0 aliphatic heterocycles. The third-order valence-electron chi connectivity index (χ3n) is 10.2. The van der Waals surface area contributed by atoms with Crippen LogP contribution in [0.5, 0.6) is 11.5 Å². The molecular weight excluding hydrogens is 776 g/mol. The molecule has 290 valence electrons. The van der Waals surface area contributed by atoms with Crippen LogP contribution in [-0.4, -0.2) is 27.8 Å². The molecule has 2 amide bonds. The number of anilines is 2. The predicted octanol–water partition coefficient (Wildman–Crippen LogP) is 12.9. The summed E-state index contributed by atoms with van der Waals surface area (Å²) in [6.45, 7) is 1.92. The number of ketones is 1. The number of azo groups is 2. The molecular formula is C48H31ClN6O5. The van der Waals surface area contributed by atoms with Crippen molar-refractivity contribution < 1.29 is 24.6 Å². The summed E-state index contributed by atoms with van der Waals surface area (Å²) in [7, 11) is 0. The fourth-order valence-corrected chi connectivity index (χ4v) is 7.43. The lowest BCUT2D eigenvalue weighted by atomic mass is 10.0. The highest BCUT2D eigenvalue weighted by Crippen LogP contribution is 2.44. The molecule has 60 heavy (non-hydrogen) atoms. The number of halogens is 1. The van der Waals surface area contributed by atoms with Crippen LogP contribution in [0.1, 0.15) is 42.2 Å². The minimum Gasteiger partial charge on any atom is -0.505 e. The first kappa shape index (κ1) is 37.6. The van der Waals surface area contributed by atoms with Crippen LogP contribution >= 0.6 is 11.6 Å². The minimum atomic E-state index is -0.580. The molecule has 0 fully saturated rings. The highest BCUT2D eigenvalue weighted by atomic mass is 35.5. The zero-order chi connectivity index (χ0) is 41.5. The second-order valence-corrected chi connectivity index (χ2v) is 14.5. The number of carbonyl (C=O) groups excluding carboxylic acids is 3. The number of nitrogens with zero attached hydrogens (tertiary/aromatic N) is 4. The molecule has 11 nitrogen and oxygen atoms in total. The molecule has 0 bridgehead atoms. The van der Waals surface area contributed by atoms with Gasteiger partial charge >= 0.3 is 0 Å². The Hall–Kier alpha value is -8.02. The maximum absolute atomic E-state index is 13.5. The zero-order valence-corrected chi connectivity index (χ0v) is 32.4. The van der Waals surface area contributed by atoms with Gasteiger partial charge in [-0.25, -0.2) is 0 Å². The number of carbonyl (C=O) groups is 3. The van der Waals surface area contributed by atoms with Crippen molar-refractivity contribution in [1.82, 2.24) is 0 Å². The first-order valence-electron chi connectivity index (χ1n) is 18.7. The SMILES string of the molecule is Cc1cccc(NC(=O)c2cc3ccccc3c(N=Nc3ccc4c(c3)-c3cc(N=Nc5c(O)c(C(=O)Nc6ccccc6Cl)cc6ccccc56)ccc3C4=O)c2O)c1. The van der Waals surface area contributed by atoms with Crippen LogP contribution in [0.3, 0.4) is 0 Å². The van der Waals surface area contributed by atoms with E-state index < -0.39 is 11.8 Å². The molecule has 4 N–H and O–H groups in total. The molecule has 8 aromatic carbocycles. The quantitative estimate of drug-likeness (QED) is 0.112. The lowest BCUT2D eigenvalue weighted by Gasteiger charge is -2.12. The van der Waals surface area contributed by atoms with Gasteiger partial charge in [-0.3, -0.25) is 14.4 Å². The first-order valence-corrected chi connectivity index (χ1v) is 19.1. The van der Waals surface area contributed by atoms with Crippen molar-refractivity contribution >= 4 is 84.9 Å². The van der Waals surface area contributed by atoms with Crippen LogP contribution in [-0.2, 0) is 0 Å². The van der Waals surface area contributed by atoms with Crippen molar-refractivity contribution in [3.05, 3.63) is 178 Å². The summed E-state index contributed by atoms with van der Waals surface area (Å²) in [5, 5.41) is 49.1. The zero-order valence-electron chi connectivity index (χ0n) is 31.6. The number of phenolic OH excluding ortho intramolecular Hbond substituents is 2. The summed E-state index contributed by atoms with van der Waals surface area (Å²) in [6.07, 6.45) is 0. The first-order chi connectivity index (χ1) is 29.1. The maximum atomic E-state index is 13.5. The Morgan fingerprint density at radius 2 is 1.05 bits per heavy atom. The van der Waals surface area contributed by atoms with Gasteiger partial charge in [-0.05, 0) is 107 Å². The van der Waals surface area contributed by atoms with Gasteiger partial charge in [0.25, 0.3) is 11.8 Å². The highest BCUT2D eigenvalue weighted by Gasteiger charge is 2.28. The third-order valence-corrected chi connectivity index (χ3v) is 10.5. The number of amides is 2. The molecule has 0 saturated heterocycles.